The monoisotopic (exact) mass is 422 g/mol. The average molecular weight is 422 g/mol. The first-order valence-electron chi connectivity index (χ1n) is 10.4. The molecule has 2 atom stereocenters. The van der Waals surface area contributed by atoms with E-state index in [1.165, 1.54) is 6.92 Å². The van der Waals surface area contributed by atoms with E-state index in [4.69, 9.17) is 0 Å². The Morgan fingerprint density at radius 3 is 2.45 bits per heavy atom. The van der Waals surface area contributed by atoms with Crippen molar-refractivity contribution in [3.63, 3.8) is 0 Å². The van der Waals surface area contributed by atoms with Crippen molar-refractivity contribution in [1.82, 2.24) is 9.47 Å². The fourth-order valence-electron chi connectivity index (χ4n) is 4.77. The molecule has 0 saturated carbocycles. The van der Waals surface area contributed by atoms with E-state index in [2.05, 4.69) is 5.32 Å². The van der Waals surface area contributed by atoms with Crippen LogP contribution in [-0.4, -0.2) is 40.3 Å². The Morgan fingerprint density at radius 1 is 1.03 bits per heavy atom. The molecule has 1 fully saturated rings. The summed E-state index contributed by atoms with van der Waals surface area (Å²) in [4.78, 5) is 48.9. The van der Waals surface area contributed by atoms with E-state index in [1.807, 2.05) is 34.9 Å². The van der Waals surface area contributed by atoms with Gasteiger partial charge in [0, 0.05) is 67.9 Å². The molecule has 8 nitrogen and oxygen atoms in total. The lowest BCUT2D eigenvalue weighted by Gasteiger charge is -2.43. The Labute approximate surface area is 179 Å². The van der Waals surface area contributed by atoms with Gasteiger partial charge >= 0.3 is 0 Å². The summed E-state index contributed by atoms with van der Waals surface area (Å²) in [6.07, 6.45) is 0.526. The molecule has 4 rings (SSSR count). The second kappa shape index (κ2) is 8.37. The molecule has 3 heterocycles. The minimum absolute atomic E-state index is 0.00155. The number of carboxylic acids is 1. The molecule has 1 saturated heterocycles. The molecular formula is C23H24N3O5-. The van der Waals surface area contributed by atoms with Gasteiger partial charge in [0.05, 0.1) is 0 Å². The largest absolute Gasteiger partial charge is 0.550 e. The van der Waals surface area contributed by atoms with Gasteiger partial charge in [-0.2, -0.15) is 0 Å². The van der Waals surface area contributed by atoms with Crippen LogP contribution in [0.1, 0.15) is 37.8 Å². The Hall–Kier alpha value is -3.42. The Kier molecular flexibility index (Phi) is 5.63. The van der Waals surface area contributed by atoms with E-state index >= 15 is 0 Å². The standard InChI is InChI=1S/C23H25N3O5/c1-14(27)24-18-4-2-16(3-5-18)19-6-7-21(29)26-12-15-10-17(23(19)26)13-25(11-15)20(28)8-9-22(30)31/h2-7,15,17H,8-13H2,1H3,(H,24,27)(H,30,31)/p-1/t15-,17+/m0/s1. The van der Waals surface area contributed by atoms with Crippen LogP contribution >= 0.6 is 0 Å². The zero-order valence-electron chi connectivity index (χ0n) is 17.3. The van der Waals surface area contributed by atoms with E-state index < -0.39 is 5.97 Å². The number of nitrogens with zero attached hydrogens (tertiary/aromatic N) is 2. The highest BCUT2D eigenvalue weighted by Crippen LogP contribution is 2.40. The fraction of sp³-hybridized carbons (Fsp3) is 0.391. The Morgan fingerprint density at radius 2 is 1.77 bits per heavy atom. The lowest BCUT2D eigenvalue weighted by Crippen LogP contribution is -2.49. The zero-order valence-corrected chi connectivity index (χ0v) is 17.3. The van der Waals surface area contributed by atoms with E-state index in [0.29, 0.717) is 25.3 Å². The van der Waals surface area contributed by atoms with Crippen LogP contribution in [0, 0.1) is 5.92 Å². The maximum Gasteiger partial charge on any atom is 0.250 e. The zero-order chi connectivity index (χ0) is 22.1. The molecule has 1 N–H and O–H groups in total. The van der Waals surface area contributed by atoms with Crippen LogP contribution in [0.2, 0.25) is 0 Å². The van der Waals surface area contributed by atoms with Crippen LogP contribution in [0.5, 0.6) is 0 Å². The first-order valence-corrected chi connectivity index (χ1v) is 10.4. The van der Waals surface area contributed by atoms with Crippen molar-refractivity contribution < 1.29 is 19.5 Å². The summed E-state index contributed by atoms with van der Waals surface area (Å²) in [5.74, 6) is -1.40. The molecule has 0 spiro atoms. The van der Waals surface area contributed by atoms with E-state index in [-0.39, 0.29) is 42.1 Å². The number of piperidine rings is 1. The van der Waals surface area contributed by atoms with Crippen LogP contribution in [0.15, 0.2) is 41.2 Å². The predicted molar refractivity (Wildman–Crippen MR) is 112 cm³/mol. The van der Waals surface area contributed by atoms with Gasteiger partial charge in [0.1, 0.15) is 0 Å². The minimum atomic E-state index is -1.23. The van der Waals surface area contributed by atoms with Gasteiger partial charge in [-0.1, -0.05) is 12.1 Å². The molecule has 2 amide bonds. The summed E-state index contributed by atoms with van der Waals surface area (Å²) >= 11 is 0. The second-order valence-corrected chi connectivity index (χ2v) is 8.31. The number of carbonyl (C=O) groups is 3. The molecule has 0 radical (unpaired) electrons. The molecule has 2 aromatic rings. The van der Waals surface area contributed by atoms with Gasteiger partial charge in [-0.05, 0) is 42.5 Å². The molecule has 162 valence electrons. The molecule has 31 heavy (non-hydrogen) atoms. The number of carboxylic acid groups (broad SMARTS) is 1. The van der Waals surface area contributed by atoms with Gasteiger partial charge < -0.3 is 24.7 Å². The molecule has 2 aliphatic heterocycles. The summed E-state index contributed by atoms with van der Waals surface area (Å²) in [5, 5.41) is 13.5. The molecule has 2 aliphatic rings. The number of benzene rings is 1. The first-order chi connectivity index (χ1) is 14.8. The van der Waals surface area contributed by atoms with Crippen LogP contribution < -0.4 is 16.0 Å². The van der Waals surface area contributed by atoms with Gasteiger partial charge in [0.15, 0.2) is 0 Å². The third kappa shape index (κ3) is 4.38. The third-order valence-electron chi connectivity index (χ3n) is 6.00. The number of aliphatic carboxylic acids is 1. The highest BCUT2D eigenvalue weighted by molar-refractivity contribution is 5.89. The summed E-state index contributed by atoms with van der Waals surface area (Å²) in [5.41, 5.74) is 3.41. The number of hydrogen-bond donors (Lipinski definition) is 1. The maximum atomic E-state index is 12.6. The van der Waals surface area contributed by atoms with Gasteiger partial charge in [-0.15, -0.1) is 0 Å². The number of amides is 2. The summed E-state index contributed by atoms with van der Waals surface area (Å²) < 4.78 is 1.82. The number of rotatable bonds is 5. The predicted octanol–water partition coefficient (Wildman–Crippen LogP) is 0.949. The SMILES string of the molecule is CC(=O)Nc1ccc(-c2ccc(=O)n3c2[C@@H]2C[C@@H](CN(C(=O)CCC(=O)[O-])C2)C3)cc1. The number of carbonyl (C=O) groups excluding carboxylic acids is 3. The summed E-state index contributed by atoms with van der Waals surface area (Å²) in [6.45, 7) is 2.98. The van der Waals surface area contributed by atoms with Crippen molar-refractivity contribution >= 4 is 23.5 Å². The molecule has 2 bridgehead atoms. The fourth-order valence-corrected chi connectivity index (χ4v) is 4.77. The molecule has 8 heteroatoms. The van der Waals surface area contributed by atoms with Gasteiger partial charge in [0.2, 0.25) is 11.8 Å². The molecule has 0 unspecified atom stereocenters. The number of likely N-dealkylation sites (tertiary alicyclic amines) is 1. The van der Waals surface area contributed by atoms with Crippen molar-refractivity contribution in [2.24, 2.45) is 5.92 Å². The average Bonchev–Trinajstić information content (AvgIpc) is 2.73. The van der Waals surface area contributed by atoms with Gasteiger partial charge in [0.25, 0.3) is 5.56 Å². The topological polar surface area (TPSA) is 112 Å². The lowest BCUT2D eigenvalue weighted by molar-refractivity contribution is -0.305. The van der Waals surface area contributed by atoms with Gasteiger partial charge in [-0.3, -0.25) is 14.4 Å². The van der Waals surface area contributed by atoms with Crippen molar-refractivity contribution in [3.8, 4) is 11.1 Å². The normalized spacial score (nSPS) is 19.5. The van der Waals surface area contributed by atoms with Gasteiger partial charge in [-0.25, -0.2) is 0 Å². The van der Waals surface area contributed by atoms with E-state index in [0.717, 1.165) is 23.2 Å². The number of hydrogen-bond acceptors (Lipinski definition) is 5. The smallest absolute Gasteiger partial charge is 0.250 e. The quantitative estimate of drug-likeness (QED) is 0.771. The lowest BCUT2D eigenvalue weighted by atomic mass is 9.80. The summed E-state index contributed by atoms with van der Waals surface area (Å²) in [7, 11) is 0. The number of pyridine rings is 1. The van der Waals surface area contributed by atoms with Crippen molar-refractivity contribution in [2.75, 3.05) is 18.4 Å². The third-order valence-corrected chi connectivity index (χ3v) is 6.00. The number of fused-ring (bicyclic) bond motifs is 4. The van der Waals surface area contributed by atoms with Crippen molar-refractivity contribution in [2.45, 2.75) is 38.6 Å². The van der Waals surface area contributed by atoms with Crippen molar-refractivity contribution in [3.05, 3.63) is 52.4 Å². The van der Waals surface area contributed by atoms with Crippen molar-refractivity contribution in [1.29, 1.82) is 0 Å². The summed E-state index contributed by atoms with van der Waals surface area (Å²) in [6, 6.07) is 10.8. The first kappa shape index (κ1) is 20.8. The van der Waals surface area contributed by atoms with E-state index in [9.17, 15) is 24.3 Å². The minimum Gasteiger partial charge on any atom is -0.550 e. The molecule has 1 aromatic heterocycles. The number of anilines is 1. The van der Waals surface area contributed by atoms with Crippen LogP contribution in [0.4, 0.5) is 5.69 Å². The highest BCUT2D eigenvalue weighted by Gasteiger charge is 2.37. The number of nitrogens with one attached hydrogen (secondary N) is 1. The Bertz CT molecular complexity index is 1090. The van der Waals surface area contributed by atoms with Crippen LogP contribution in [0.3, 0.4) is 0 Å². The second-order valence-electron chi connectivity index (χ2n) is 8.31. The van der Waals surface area contributed by atoms with E-state index in [1.54, 1.807) is 11.0 Å². The molecule has 1 aromatic carbocycles. The molecule has 0 aliphatic carbocycles. The maximum absolute atomic E-state index is 12.6. The van der Waals surface area contributed by atoms with Crippen LogP contribution in [0.25, 0.3) is 11.1 Å². The van der Waals surface area contributed by atoms with Crippen LogP contribution in [-0.2, 0) is 20.9 Å². The number of aromatic nitrogens is 1. The highest BCUT2D eigenvalue weighted by atomic mass is 16.4. The Balaban J connectivity index is 1.65. The molecular weight excluding hydrogens is 398 g/mol.